The molecule has 0 saturated carbocycles. The summed E-state index contributed by atoms with van der Waals surface area (Å²) in [6.45, 7) is 1.74. The first-order chi connectivity index (χ1) is 6.54. The minimum absolute atomic E-state index is 0.0165. The smallest absolute Gasteiger partial charge is 0.317 e. The lowest BCUT2D eigenvalue weighted by Crippen LogP contribution is -2.19. The number of esters is 2. The maximum absolute atomic E-state index is 11.0. The maximum Gasteiger partial charge on any atom is 0.317 e. The Balaban J connectivity index is 2.55. The van der Waals surface area contributed by atoms with Gasteiger partial charge in [0.2, 0.25) is 0 Å². The van der Waals surface area contributed by atoms with Crippen LogP contribution in [0.15, 0.2) is 0 Å². The van der Waals surface area contributed by atoms with Crippen LogP contribution in [-0.4, -0.2) is 23.0 Å². The van der Waals surface area contributed by atoms with E-state index in [0.29, 0.717) is 6.42 Å². The quantitative estimate of drug-likeness (QED) is 0.530. The standard InChI is InChI=1S/C9H12O5/c1-2-5(8(11)12)3-6-4-7(10)14-9(6)13/h5-6H,2-4H2,1H3,(H,11,12). The molecule has 0 bridgehead atoms. The van der Waals surface area contributed by atoms with E-state index in [1.165, 1.54) is 0 Å². The first kappa shape index (κ1) is 10.7. The lowest BCUT2D eigenvalue weighted by molar-refractivity contribution is -0.153. The summed E-state index contributed by atoms with van der Waals surface area (Å²) in [5.74, 6) is -3.21. The molecule has 1 rings (SSSR count). The fraction of sp³-hybridized carbons (Fsp3) is 0.667. The van der Waals surface area contributed by atoms with E-state index in [1.54, 1.807) is 6.92 Å². The molecule has 2 unspecified atom stereocenters. The Hall–Kier alpha value is -1.39. The van der Waals surface area contributed by atoms with Crippen LogP contribution in [0.1, 0.15) is 26.2 Å². The minimum atomic E-state index is -0.931. The SMILES string of the molecule is CCC(CC1CC(=O)OC1=O)C(=O)O. The highest BCUT2D eigenvalue weighted by Gasteiger charge is 2.36. The van der Waals surface area contributed by atoms with E-state index in [-0.39, 0.29) is 12.8 Å². The Kier molecular flexibility index (Phi) is 3.22. The number of cyclic esters (lactones) is 2. The summed E-state index contributed by atoms with van der Waals surface area (Å²) in [5, 5.41) is 8.75. The van der Waals surface area contributed by atoms with Crippen LogP contribution in [-0.2, 0) is 19.1 Å². The van der Waals surface area contributed by atoms with Crippen LogP contribution in [0.25, 0.3) is 0 Å². The van der Waals surface area contributed by atoms with Crippen LogP contribution < -0.4 is 0 Å². The van der Waals surface area contributed by atoms with Gasteiger partial charge in [0.1, 0.15) is 0 Å². The van der Waals surface area contributed by atoms with Gasteiger partial charge in [-0.15, -0.1) is 0 Å². The molecule has 0 spiro atoms. The van der Waals surface area contributed by atoms with E-state index in [2.05, 4.69) is 4.74 Å². The molecule has 1 aliphatic rings. The molecule has 0 amide bonds. The van der Waals surface area contributed by atoms with Gasteiger partial charge >= 0.3 is 17.9 Å². The first-order valence-corrected chi connectivity index (χ1v) is 4.52. The van der Waals surface area contributed by atoms with E-state index in [4.69, 9.17) is 5.11 Å². The topological polar surface area (TPSA) is 80.7 Å². The average Bonchev–Trinajstić information content (AvgIpc) is 2.40. The fourth-order valence-corrected chi connectivity index (χ4v) is 1.49. The second kappa shape index (κ2) is 4.21. The molecule has 0 aromatic carbocycles. The number of rotatable bonds is 4. The van der Waals surface area contributed by atoms with Crippen molar-refractivity contribution in [3.8, 4) is 0 Å². The second-order valence-corrected chi connectivity index (χ2v) is 3.37. The number of hydrogen-bond donors (Lipinski definition) is 1. The van der Waals surface area contributed by atoms with Crippen LogP contribution >= 0.6 is 0 Å². The highest BCUT2D eigenvalue weighted by molar-refractivity contribution is 5.94. The van der Waals surface area contributed by atoms with Crippen LogP contribution in [0.5, 0.6) is 0 Å². The Bertz CT molecular complexity index is 270. The third-order valence-electron chi connectivity index (χ3n) is 2.37. The Morgan fingerprint density at radius 1 is 1.64 bits per heavy atom. The average molecular weight is 200 g/mol. The molecular weight excluding hydrogens is 188 g/mol. The van der Waals surface area contributed by atoms with Crippen molar-refractivity contribution in [2.75, 3.05) is 0 Å². The zero-order valence-electron chi connectivity index (χ0n) is 7.86. The normalized spacial score (nSPS) is 23.4. The van der Waals surface area contributed by atoms with Gasteiger partial charge in [0.05, 0.1) is 18.3 Å². The van der Waals surface area contributed by atoms with Crippen molar-refractivity contribution in [1.82, 2.24) is 0 Å². The number of aliphatic carboxylic acids is 1. The number of carboxylic acid groups (broad SMARTS) is 1. The van der Waals surface area contributed by atoms with Crippen molar-refractivity contribution in [1.29, 1.82) is 0 Å². The van der Waals surface area contributed by atoms with Crippen molar-refractivity contribution in [2.24, 2.45) is 11.8 Å². The molecule has 0 radical (unpaired) electrons. The number of carboxylic acids is 1. The monoisotopic (exact) mass is 200 g/mol. The molecule has 1 N–H and O–H groups in total. The summed E-state index contributed by atoms with van der Waals surface area (Å²) >= 11 is 0. The van der Waals surface area contributed by atoms with Crippen molar-refractivity contribution < 1.29 is 24.2 Å². The van der Waals surface area contributed by atoms with Crippen molar-refractivity contribution in [2.45, 2.75) is 26.2 Å². The van der Waals surface area contributed by atoms with Gasteiger partial charge in [-0.05, 0) is 12.8 Å². The van der Waals surface area contributed by atoms with Crippen molar-refractivity contribution in [3.63, 3.8) is 0 Å². The highest BCUT2D eigenvalue weighted by Crippen LogP contribution is 2.25. The summed E-state index contributed by atoms with van der Waals surface area (Å²) in [6.07, 6.45) is 0.659. The molecule has 14 heavy (non-hydrogen) atoms. The Morgan fingerprint density at radius 3 is 2.64 bits per heavy atom. The van der Waals surface area contributed by atoms with E-state index in [1.807, 2.05) is 0 Å². The number of hydrogen-bond acceptors (Lipinski definition) is 4. The number of carbonyl (C=O) groups is 3. The lowest BCUT2D eigenvalue weighted by atomic mass is 9.92. The summed E-state index contributed by atoms with van der Waals surface area (Å²) in [6, 6.07) is 0. The summed E-state index contributed by atoms with van der Waals surface area (Å²) in [7, 11) is 0. The molecule has 1 heterocycles. The van der Waals surface area contributed by atoms with Gasteiger partial charge in [-0.3, -0.25) is 14.4 Å². The van der Waals surface area contributed by atoms with Gasteiger partial charge in [-0.25, -0.2) is 0 Å². The van der Waals surface area contributed by atoms with Gasteiger partial charge < -0.3 is 9.84 Å². The van der Waals surface area contributed by atoms with Gasteiger partial charge in [-0.2, -0.15) is 0 Å². The highest BCUT2D eigenvalue weighted by atomic mass is 16.6. The molecule has 1 aliphatic heterocycles. The van der Waals surface area contributed by atoms with Crippen LogP contribution in [0.2, 0.25) is 0 Å². The molecule has 2 atom stereocenters. The maximum atomic E-state index is 11.0. The van der Waals surface area contributed by atoms with Gasteiger partial charge in [-0.1, -0.05) is 6.92 Å². The first-order valence-electron chi connectivity index (χ1n) is 4.52. The van der Waals surface area contributed by atoms with E-state index in [0.717, 1.165) is 0 Å². The van der Waals surface area contributed by atoms with E-state index >= 15 is 0 Å². The van der Waals surface area contributed by atoms with Gasteiger partial charge in [0.15, 0.2) is 0 Å². The number of ether oxygens (including phenoxy) is 1. The summed E-state index contributed by atoms with van der Waals surface area (Å²) in [4.78, 5) is 32.4. The number of carbonyl (C=O) groups excluding carboxylic acids is 2. The van der Waals surface area contributed by atoms with Crippen molar-refractivity contribution in [3.05, 3.63) is 0 Å². The minimum Gasteiger partial charge on any atom is -0.481 e. The second-order valence-electron chi connectivity index (χ2n) is 3.37. The van der Waals surface area contributed by atoms with Gasteiger partial charge in [0, 0.05) is 0 Å². The predicted octanol–water partition coefficient (Wildman–Crippen LogP) is 0.577. The lowest BCUT2D eigenvalue weighted by Gasteiger charge is -2.11. The zero-order chi connectivity index (χ0) is 10.7. The molecular formula is C9H12O5. The van der Waals surface area contributed by atoms with Crippen LogP contribution in [0, 0.1) is 11.8 Å². The largest absolute Gasteiger partial charge is 0.481 e. The van der Waals surface area contributed by atoms with Gasteiger partial charge in [0.25, 0.3) is 0 Å². The predicted molar refractivity (Wildman–Crippen MR) is 45.2 cm³/mol. The molecule has 0 aromatic heterocycles. The fourth-order valence-electron chi connectivity index (χ4n) is 1.49. The van der Waals surface area contributed by atoms with Crippen LogP contribution in [0.3, 0.4) is 0 Å². The summed E-state index contributed by atoms with van der Waals surface area (Å²) < 4.78 is 4.33. The Labute approximate surface area is 81.0 Å². The molecule has 78 valence electrons. The third kappa shape index (κ3) is 2.31. The van der Waals surface area contributed by atoms with Crippen LogP contribution in [0.4, 0.5) is 0 Å². The molecule has 1 fully saturated rings. The molecule has 0 aromatic rings. The molecule has 0 aliphatic carbocycles. The molecule has 5 nitrogen and oxygen atoms in total. The zero-order valence-corrected chi connectivity index (χ0v) is 7.86. The Morgan fingerprint density at radius 2 is 2.29 bits per heavy atom. The summed E-state index contributed by atoms with van der Waals surface area (Å²) in [5.41, 5.74) is 0. The molecule has 5 heteroatoms. The van der Waals surface area contributed by atoms with E-state index in [9.17, 15) is 14.4 Å². The van der Waals surface area contributed by atoms with E-state index < -0.39 is 29.7 Å². The third-order valence-corrected chi connectivity index (χ3v) is 2.37. The van der Waals surface area contributed by atoms with Crippen molar-refractivity contribution >= 4 is 17.9 Å². The molecule has 1 saturated heterocycles.